The molecule has 1 aliphatic heterocycles. The zero-order valence-electron chi connectivity index (χ0n) is 17.8. The number of hydrogen-bond donors (Lipinski definition) is 3. The van der Waals surface area contributed by atoms with E-state index in [9.17, 15) is 5.11 Å². The van der Waals surface area contributed by atoms with Gasteiger partial charge in [-0.1, -0.05) is 19.9 Å². The number of aliphatic hydroxyl groups is 1. The van der Waals surface area contributed by atoms with Gasteiger partial charge in [0, 0.05) is 50.7 Å². The lowest BCUT2D eigenvalue weighted by Crippen LogP contribution is -2.48. The summed E-state index contributed by atoms with van der Waals surface area (Å²) in [7, 11) is 0. The molecular weight excluding hydrogens is 485 g/mol. The number of aliphatic imine (C=N–C) groups is 1. The van der Waals surface area contributed by atoms with Crippen LogP contribution >= 0.6 is 35.3 Å². The third-order valence-electron chi connectivity index (χ3n) is 5.04. The van der Waals surface area contributed by atoms with Gasteiger partial charge in [-0.2, -0.15) is 0 Å². The molecule has 2 heterocycles. The van der Waals surface area contributed by atoms with Gasteiger partial charge in [0.05, 0.1) is 6.54 Å². The smallest absolute Gasteiger partial charge is 0.191 e. The van der Waals surface area contributed by atoms with E-state index in [0.717, 1.165) is 50.1 Å². The van der Waals surface area contributed by atoms with Crippen molar-refractivity contribution in [2.24, 2.45) is 10.9 Å². The van der Waals surface area contributed by atoms with E-state index in [2.05, 4.69) is 46.2 Å². The number of rotatable bonds is 9. The molecule has 0 bridgehead atoms. The van der Waals surface area contributed by atoms with Crippen LogP contribution in [0.25, 0.3) is 0 Å². The third kappa shape index (κ3) is 8.52. The maximum Gasteiger partial charge on any atom is 0.191 e. The van der Waals surface area contributed by atoms with E-state index in [4.69, 9.17) is 0 Å². The number of thiophene rings is 1. The molecule has 8 heteroatoms. The van der Waals surface area contributed by atoms with Crippen molar-refractivity contribution < 1.29 is 5.11 Å². The van der Waals surface area contributed by atoms with E-state index in [1.165, 1.54) is 13.1 Å². The predicted octanol–water partition coefficient (Wildman–Crippen LogP) is 2.40. The number of piperazine rings is 1. The number of hydrogen-bond acceptors (Lipinski definition) is 5. The molecule has 0 aliphatic carbocycles. The Labute approximate surface area is 191 Å². The zero-order valence-corrected chi connectivity index (χ0v) is 20.9. The van der Waals surface area contributed by atoms with Crippen molar-refractivity contribution in [2.75, 3.05) is 58.9 Å². The van der Waals surface area contributed by atoms with Gasteiger partial charge in [-0.15, -0.1) is 35.3 Å². The number of nitrogens with zero attached hydrogens (tertiary/aromatic N) is 3. The minimum absolute atomic E-state index is 0. The molecule has 1 fully saturated rings. The van der Waals surface area contributed by atoms with Crippen LogP contribution in [-0.4, -0.2) is 79.8 Å². The molecule has 1 aromatic rings. The first-order valence-corrected chi connectivity index (χ1v) is 11.1. The number of guanidine groups is 1. The molecule has 1 aliphatic rings. The summed E-state index contributed by atoms with van der Waals surface area (Å²) in [4.78, 5) is 10.6. The summed E-state index contributed by atoms with van der Waals surface area (Å²) in [5.41, 5.74) is -0.929. The SMILES string of the molecule is CCNC(=NCC(C)(O)c1cccs1)NCC(C)CN1CCN(CC)CC1.I. The van der Waals surface area contributed by atoms with Crippen LogP contribution in [0.15, 0.2) is 22.5 Å². The van der Waals surface area contributed by atoms with Gasteiger partial charge in [-0.3, -0.25) is 0 Å². The Morgan fingerprint density at radius 3 is 2.50 bits per heavy atom. The summed E-state index contributed by atoms with van der Waals surface area (Å²) in [6.45, 7) is 17.4. The lowest BCUT2D eigenvalue weighted by molar-refractivity contribution is 0.0711. The standard InChI is InChI=1S/C20H37N5OS.HI/c1-5-21-19(23-16-20(4,26)18-8-7-13-27-18)22-14-17(3)15-25-11-9-24(6-2)10-12-25;/h7-8,13,17,26H,5-6,9-12,14-16H2,1-4H3,(H2,21,22,23);1H. The molecule has 2 atom stereocenters. The number of nitrogens with one attached hydrogen (secondary N) is 2. The topological polar surface area (TPSA) is 63.1 Å². The number of halogens is 1. The van der Waals surface area contributed by atoms with Crippen molar-refractivity contribution in [3.05, 3.63) is 22.4 Å². The highest BCUT2D eigenvalue weighted by Gasteiger charge is 2.24. The van der Waals surface area contributed by atoms with Crippen molar-refractivity contribution >= 4 is 41.3 Å². The Bertz CT molecular complexity index is 559. The number of likely N-dealkylation sites (N-methyl/N-ethyl adjacent to an activating group) is 1. The van der Waals surface area contributed by atoms with Crippen LogP contribution in [0.1, 0.15) is 32.6 Å². The maximum absolute atomic E-state index is 10.7. The molecule has 2 rings (SSSR count). The van der Waals surface area contributed by atoms with Gasteiger partial charge in [0.25, 0.3) is 0 Å². The molecule has 2 unspecified atom stereocenters. The Morgan fingerprint density at radius 1 is 1.25 bits per heavy atom. The van der Waals surface area contributed by atoms with E-state index < -0.39 is 5.60 Å². The van der Waals surface area contributed by atoms with Crippen molar-refractivity contribution in [3.8, 4) is 0 Å². The minimum Gasteiger partial charge on any atom is -0.383 e. The molecule has 162 valence electrons. The first-order valence-electron chi connectivity index (χ1n) is 10.2. The zero-order chi connectivity index (χ0) is 19.7. The normalized spacial score (nSPS) is 19.5. The Balaban J connectivity index is 0.00000392. The summed E-state index contributed by atoms with van der Waals surface area (Å²) in [6, 6.07) is 3.92. The Morgan fingerprint density at radius 2 is 1.93 bits per heavy atom. The van der Waals surface area contributed by atoms with Crippen LogP contribution in [0, 0.1) is 5.92 Å². The van der Waals surface area contributed by atoms with Crippen LogP contribution < -0.4 is 10.6 Å². The van der Waals surface area contributed by atoms with Crippen LogP contribution in [0.4, 0.5) is 0 Å². The van der Waals surface area contributed by atoms with Crippen LogP contribution in [0.2, 0.25) is 0 Å². The Kier molecular flexibility index (Phi) is 11.9. The van der Waals surface area contributed by atoms with E-state index in [1.807, 2.05) is 24.4 Å². The fraction of sp³-hybridized carbons (Fsp3) is 0.750. The second-order valence-corrected chi connectivity index (χ2v) is 8.61. The summed E-state index contributed by atoms with van der Waals surface area (Å²) in [5, 5.41) is 19.4. The molecule has 3 N–H and O–H groups in total. The molecule has 1 saturated heterocycles. The Hall–Kier alpha value is -0.420. The second-order valence-electron chi connectivity index (χ2n) is 7.67. The molecule has 0 saturated carbocycles. The van der Waals surface area contributed by atoms with Gasteiger partial charge in [0.2, 0.25) is 0 Å². The highest BCUT2D eigenvalue weighted by molar-refractivity contribution is 14.0. The quantitative estimate of drug-likeness (QED) is 0.264. The monoisotopic (exact) mass is 523 g/mol. The second kappa shape index (κ2) is 13.0. The summed E-state index contributed by atoms with van der Waals surface area (Å²) >= 11 is 1.57. The third-order valence-corrected chi connectivity index (χ3v) is 6.16. The molecule has 0 aromatic carbocycles. The molecule has 0 amide bonds. The molecular formula is C20H38IN5OS. The van der Waals surface area contributed by atoms with Crippen LogP contribution in [-0.2, 0) is 5.60 Å². The van der Waals surface area contributed by atoms with Crippen molar-refractivity contribution in [2.45, 2.75) is 33.3 Å². The molecule has 6 nitrogen and oxygen atoms in total. The average Bonchev–Trinajstić information content (AvgIpc) is 3.20. The molecule has 0 spiro atoms. The van der Waals surface area contributed by atoms with Gasteiger partial charge in [0.1, 0.15) is 5.60 Å². The minimum atomic E-state index is -0.929. The summed E-state index contributed by atoms with van der Waals surface area (Å²) < 4.78 is 0. The van der Waals surface area contributed by atoms with Crippen molar-refractivity contribution in [1.82, 2.24) is 20.4 Å². The lowest BCUT2D eigenvalue weighted by Gasteiger charge is -2.35. The van der Waals surface area contributed by atoms with E-state index >= 15 is 0 Å². The van der Waals surface area contributed by atoms with Crippen molar-refractivity contribution in [3.63, 3.8) is 0 Å². The highest BCUT2D eigenvalue weighted by atomic mass is 127. The van der Waals surface area contributed by atoms with Crippen molar-refractivity contribution in [1.29, 1.82) is 0 Å². The predicted molar refractivity (Wildman–Crippen MR) is 131 cm³/mol. The van der Waals surface area contributed by atoms with Gasteiger partial charge in [0.15, 0.2) is 5.96 Å². The lowest BCUT2D eigenvalue weighted by atomic mass is 10.1. The summed E-state index contributed by atoms with van der Waals surface area (Å²) in [5.74, 6) is 1.32. The van der Waals surface area contributed by atoms with Gasteiger partial charge < -0.3 is 25.5 Å². The largest absolute Gasteiger partial charge is 0.383 e. The maximum atomic E-state index is 10.7. The van der Waals surface area contributed by atoms with Crippen LogP contribution in [0.3, 0.4) is 0 Å². The fourth-order valence-corrected chi connectivity index (χ4v) is 4.08. The summed E-state index contributed by atoms with van der Waals surface area (Å²) in [6.07, 6.45) is 0. The highest BCUT2D eigenvalue weighted by Crippen LogP contribution is 2.25. The van der Waals surface area contributed by atoms with E-state index in [-0.39, 0.29) is 24.0 Å². The van der Waals surface area contributed by atoms with E-state index in [0.29, 0.717) is 12.5 Å². The average molecular weight is 524 g/mol. The van der Waals surface area contributed by atoms with E-state index in [1.54, 1.807) is 11.3 Å². The molecule has 0 radical (unpaired) electrons. The van der Waals surface area contributed by atoms with Gasteiger partial charge >= 0.3 is 0 Å². The fourth-order valence-electron chi connectivity index (χ4n) is 3.30. The first-order chi connectivity index (χ1) is 12.9. The molecule has 28 heavy (non-hydrogen) atoms. The van der Waals surface area contributed by atoms with Gasteiger partial charge in [-0.05, 0) is 37.8 Å². The van der Waals surface area contributed by atoms with Gasteiger partial charge in [-0.25, -0.2) is 4.99 Å². The molecule has 1 aromatic heterocycles. The van der Waals surface area contributed by atoms with Crippen LogP contribution in [0.5, 0.6) is 0 Å². The first kappa shape index (κ1) is 25.6.